The van der Waals surface area contributed by atoms with Crippen molar-refractivity contribution in [1.82, 2.24) is 4.90 Å². The molecule has 0 aliphatic rings. The fourth-order valence-corrected chi connectivity index (χ4v) is 2.79. The minimum absolute atomic E-state index is 0.0411. The van der Waals surface area contributed by atoms with Crippen molar-refractivity contribution in [2.45, 2.75) is 19.9 Å². The lowest BCUT2D eigenvalue weighted by Crippen LogP contribution is -2.32. The van der Waals surface area contributed by atoms with Crippen LogP contribution in [-0.4, -0.2) is 37.9 Å². The van der Waals surface area contributed by atoms with Crippen LogP contribution in [0.25, 0.3) is 0 Å². The van der Waals surface area contributed by atoms with E-state index in [1.54, 1.807) is 14.2 Å². The third-order valence-corrected chi connectivity index (χ3v) is 4.37. The van der Waals surface area contributed by atoms with E-state index in [1.807, 2.05) is 25.1 Å². The Hall–Kier alpha value is -3.13. The Morgan fingerprint density at radius 3 is 2.47 bits per heavy atom. The smallest absolute Gasteiger partial charge is 0.202 e. The number of nitrogens with one attached hydrogen (secondary N) is 1. The van der Waals surface area contributed by atoms with Crippen LogP contribution >= 0.6 is 0 Å². The SMILES string of the molecule is CN=C(Nc1cc(CCOC)ccc1C)N(/C=C\C=O)Cc1cc(F)c(F)c(F)c1. The van der Waals surface area contributed by atoms with Gasteiger partial charge in [0.25, 0.3) is 0 Å². The van der Waals surface area contributed by atoms with Gasteiger partial charge < -0.3 is 15.0 Å². The van der Waals surface area contributed by atoms with Crippen LogP contribution < -0.4 is 5.32 Å². The van der Waals surface area contributed by atoms with E-state index in [2.05, 4.69) is 10.3 Å². The van der Waals surface area contributed by atoms with Gasteiger partial charge in [0.05, 0.1) is 13.2 Å². The Bertz CT molecular complexity index is 922. The highest BCUT2D eigenvalue weighted by Crippen LogP contribution is 2.20. The molecular formula is C22H24F3N3O2. The molecule has 0 fully saturated rings. The van der Waals surface area contributed by atoms with Crippen molar-refractivity contribution in [1.29, 1.82) is 0 Å². The molecule has 0 aliphatic carbocycles. The lowest BCUT2D eigenvalue weighted by molar-refractivity contribution is -0.104. The number of allylic oxidation sites excluding steroid dienone is 1. The van der Waals surface area contributed by atoms with Gasteiger partial charge in [0.15, 0.2) is 17.5 Å². The third-order valence-electron chi connectivity index (χ3n) is 4.37. The minimum Gasteiger partial charge on any atom is -0.384 e. The second-order valence-corrected chi connectivity index (χ2v) is 6.54. The van der Waals surface area contributed by atoms with E-state index in [1.165, 1.54) is 17.2 Å². The molecule has 5 nitrogen and oxygen atoms in total. The van der Waals surface area contributed by atoms with Gasteiger partial charge in [-0.1, -0.05) is 12.1 Å². The van der Waals surface area contributed by atoms with E-state index in [0.717, 1.165) is 35.4 Å². The number of ether oxygens (including phenoxy) is 1. The largest absolute Gasteiger partial charge is 0.384 e. The molecule has 0 saturated heterocycles. The van der Waals surface area contributed by atoms with Crippen LogP contribution in [0.4, 0.5) is 18.9 Å². The van der Waals surface area contributed by atoms with Gasteiger partial charge in [-0.25, -0.2) is 13.2 Å². The lowest BCUT2D eigenvalue weighted by Gasteiger charge is -2.24. The van der Waals surface area contributed by atoms with Crippen LogP contribution in [0.2, 0.25) is 0 Å². The van der Waals surface area contributed by atoms with Gasteiger partial charge in [0.1, 0.15) is 6.29 Å². The van der Waals surface area contributed by atoms with Crippen molar-refractivity contribution in [3.8, 4) is 0 Å². The van der Waals surface area contributed by atoms with E-state index < -0.39 is 17.5 Å². The monoisotopic (exact) mass is 419 g/mol. The first kappa shape index (κ1) is 23.2. The Kier molecular flexibility index (Phi) is 8.61. The van der Waals surface area contributed by atoms with Crippen LogP contribution in [0, 0.1) is 24.4 Å². The van der Waals surface area contributed by atoms with Crippen molar-refractivity contribution in [3.63, 3.8) is 0 Å². The number of hydrogen-bond donors (Lipinski definition) is 1. The van der Waals surface area contributed by atoms with Crippen LogP contribution in [0.3, 0.4) is 0 Å². The average molecular weight is 419 g/mol. The first-order chi connectivity index (χ1) is 14.4. The molecule has 0 spiro atoms. The molecule has 0 radical (unpaired) electrons. The summed E-state index contributed by atoms with van der Waals surface area (Å²) in [7, 11) is 3.17. The fourth-order valence-electron chi connectivity index (χ4n) is 2.79. The number of benzene rings is 2. The zero-order valence-electron chi connectivity index (χ0n) is 17.1. The summed E-state index contributed by atoms with van der Waals surface area (Å²) in [5.74, 6) is -3.76. The van der Waals surface area contributed by atoms with Gasteiger partial charge >= 0.3 is 0 Å². The Morgan fingerprint density at radius 2 is 1.87 bits per heavy atom. The number of methoxy groups -OCH3 is 1. The zero-order chi connectivity index (χ0) is 22.1. The second kappa shape index (κ2) is 11.2. The van der Waals surface area contributed by atoms with Crippen molar-refractivity contribution < 1.29 is 22.7 Å². The van der Waals surface area contributed by atoms with Gasteiger partial charge in [-0.05, 0) is 54.3 Å². The highest BCUT2D eigenvalue weighted by molar-refractivity contribution is 5.95. The maximum Gasteiger partial charge on any atom is 0.202 e. The predicted octanol–water partition coefficient (Wildman–Crippen LogP) is 4.21. The molecule has 0 aliphatic heterocycles. The number of carbonyl (C=O) groups excluding carboxylic acids is 1. The van der Waals surface area contributed by atoms with Crippen molar-refractivity contribution in [2.75, 3.05) is 26.1 Å². The first-order valence-corrected chi connectivity index (χ1v) is 9.23. The molecular weight excluding hydrogens is 395 g/mol. The number of nitrogens with zero attached hydrogens (tertiary/aromatic N) is 2. The number of guanidine groups is 1. The molecule has 0 amide bonds. The molecule has 160 valence electrons. The van der Waals surface area contributed by atoms with E-state index >= 15 is 0 Å². The number of anilines is 1. The molecule has 8 heteroatoms. The van der Waals surface area contributed by atoms with Gasteiger partial charge in [-0.2, -0.15) is 0 Å². The number of aldehydes is 1. The molecule has 0 unspecified atom stereocenters. The highest BCUT2D eigenvalue weighted by atomic mass is 19.2. The maximum atomic E-state index is 13.6. The number of halogens is 3. The minimum atomic E-state index is -1.53. The lowest BCUT2D eigenvalue weighted by atomic mass is 10.1. The maximum absolute atomic E-state index is 13.6. The Balaban J connectivity index is 2.31. The Labute approximate surface area is 173 Å². The van der Waals surface area contributed by atoms with Crippen LogP contribution in [0.15, 0.2) is 47.6 Å². The van der Waals surface area contributed by atoms with Crippen LogP contribution in [0.5, 0.6) is 0 Å². The molecule has 0 heterocycles. The number of carbonyl (C=O) groups is 1. The number of aliphatic imine (C=N–C) groups is 1. The average Bonchev–Trinajstić information content (AvgIpc) is 2.73. The standard InChI is InChI=1S/C22H24F3N3O2/c1-15-5-6-16(7-10-30-3)13-20(15)27-22(26-2)28(8-4-9-29)14-17-11-18(23)21(25)19(24)12-17/h4-6,8-9,11-13H,7,10,14H2,1-3H3,(H,26,27)/b8-4-. The van der Waals surface area contributed by atoms with Crippen molar-refractivity contribution >= 4 is 17.9 Å². The molecule has 0 aromatic heterocycles. The molecule has 30 heavy (non-hydrogen) atoms. The summed E-state index contributed by atoms with van der Waals surface area (Å²) in [4.78, 5) is 16.5. The third kappa shape index (κ3) is 6.18. The molecule has 0 atom stereocenters. The van der Waals surface area contributed by atoms with Crippen molar-refractivity contribution in [3.05, 3.63) is 76.7 Å². The summed E-state index contributed by atoms with van der Waals surface area (Å²) >= 11 is 0. The first-order valence-electron chi connectivity index (χ1n) is 9.23. The van der Waals surface area contributed by atoms with Gasteiger partial charge in [-0.15, -0.1) is 0 Å². The van der Waals surface area contributed by atoms with E-state index in [9.17, 15) is 18.0 Å². The summed E-state index contributed by atoms with van der Waals surface area (Å²) in [5.41, 5.74) is 2.97. The topological polar surface area (TPSA) is 53.9 Å². The number of rotatable bonds is 8. The van der Waals surface area contributed by atoms with Crippen LogP contribution in [-0.2, 0) is 22.5 Å². The summed E-state index contributed by atoms with van der Waals surface area (Å²) in [6.07, 6.45) is 3.95. The summed E-state index contributed by atoms with van der Waals surface area (Å²) < 4.78 is 45.6. The quantitative estimate of drug-likeness (QED) is 0.229. The van der Waals surface area contributed by atoms with Gasteiger partial charge in [0, 0.05) is 26.0 Å². The zero-order valence-corrected chi connectivity index (χ0v) is 17.1. The van der Waals surface area contributed by atoms with E-state index in [0.29, 0.717) is 18.9 Å². The highest BCUT2D eigenvalue weighted by Gasteiger charge is 2.15. The molecule has 2 rings (SSSR count). The molecule has 0 bridgehead atoms. The van der Waals surface area contributed by atoms with Crippen molar-refractivity contribution in [2.24, 2.45) is 4.99 Å². The predicted molar refractivity (Wildman–Crippen MR) is 111 cm³/mol. The number of hydrogen-bond acceptors (Lipinski definition) is 3. The molecule has 2 aromatic rings. The molecule has 0 saturated carbocycles. The molecule has 2 aromatic carbocycles. The van der Waals surface area contributed by atoms with Crippen LogP contribution in [0.1, 0.15) is 16.7 Å². The molecule has 1 N–H and O–H groups in total. The van der Waals surface area contributed by atoms with E-state index in [4.69, 9.17) is 4.74 Å². The summed E-state index contributed by atoms with van der Waals surface area (Å²) in [6, 6.07) is 7.72. The number of aryl methyl sites for hydroxylation is 1. The van der Waals surface area contributed by atoms with Gasteiger partial charge in [-0.3, -0.25) is 9.79 Å². The second-order valence-electron chi connectivity index (χ2n) is 6.54. The summed E-state index contributed by atoms with van der Waals surface area (Å²) in [6.45, 7) is 2.46. The van der Waals surface area contributed by atoms with E-state index in [-0.39, 0.29) is 12.1 Å². The summed E-state index contributed by atoms with van der Waals surface area (Å²) in [5, 5.41) is 3.19. The normalized spacial score (nSPS) is 11.7. The fraction of sp³-hybridized carbons (Fsp3) is 0.273. The Morgan fingerprint density at radius 1 is 1.17 bits per heavy atom. The van der Waals surface area contributed by atoms with Gasteiger partial charge in [0.2, 0.25) is 5.96 Å².